The highest BCUT2D eigenvalue weighted by Crippen LogP contribution is 2.42. The zero-order valence-electron chi connectivity index (χ0n) is 14.8. The molecule has 0 bridgehead atoms. The van der Waals surface area contributed by atoms with Gasteiger partial charge in [0.05, 0.1) is 19.5 Å². The molecule has 0 radical (unpaired) electrons. The fraction of sp³-hybridized carbons (Fsp3) is 0.316. The first-order valence-corrected chi connectivity index (χ1v) is 9.34. The molecule has 3 rings (SSSR count). The highest BCUT2D eigenvalue weighted by atomic mass is 32.2. The van der Waals surface area contributed by atoms with Crippen LogP contribution in [0.15, 0.2) is 30.3 Å². The molecule has 0 saturated carbocycles. The van der Waals surface area contributed by atoms with Crippen molar-refractivity contribution < 1.29 is 27.4 Å². The zero-order valence-corrected chi connectivity index (χ0v) is 15.6. The molecule has 8 heteroatoms. The summed E-state index contributed by atoms with van der Waals surface area (Å²) < 4.78 is 51.0. The third-order valence-corrected chi connectivity index (χ3v) is 5.39. The average Bonchev–Trinajstić information content (AvgIpc) is 3.00. The van der Waals surface area contributed by atoms with E-state index in [0.717, 1.165) is 17.7 Å². The van der Waals surface area contributed by atoms with E-state index in [2.05, 4.69) is 0 Å². The second-order valence-corrected chi connectivity index (χ2v) is 6.97. The van der Waals surface area contributed by atoms with Crippen LogP contribution in [-0.4, -0.2) is 30.3 Å². The summed E-state index contributed by atoms with van der Waals surface area (Å²) in [5.41, 5.74) is 0.990. The Kier molecular flexibility index (Phi) is 5.84. The molecule has 0 aliphatic carbocycles. The molecule has 4 nitrogen and oxygen atoms in total. The Morgan fingerprint density at radius 2 is 1.85 bits per heavy atom. The van der Waals surface area contributed by atoms with E-state index in [1.807, 2.05) is 13.0 Å². The van der Waals surface area contributed by atoms with Crippen LogP contribution in [0.5, 0.6) is 11.5 Å². The Morgan fingerprint density at radius 3 is 2.48 bits per heavy atom. The number of amides is 1. The first kappa shape index (κ1) is 19.4. The Hall–Kier alpha value is -2.35. The molecular weight excluding hydrogens is 379 g/mol. The zero-order chi connectivity index (χ0) is 19.6. The Labute approximate surface area is 159 Å². The van der Waals surface area contributed by atoms with E-state index in [4.69, 9.17) is 9.47 Å². The predicted octanol–water partition coefficient (Wildman–Crippen LogP) is 4.29. The molecule has 2 aromatic carbocycles. The SMILES string of the molecule is CCOc1cc(C2SCC(=O)N2Cc2cc(F)c(F)c(F)c2)ccc1OC. The van der Waals surface area contributed by atoms with Crippen LogP contribution < -0.4 is 9.47 Å². The third kappa shape index (κ3) is 4.00. The Balaban J connectivity index is 1.89. The summed E-state index contributed by atoms with van der Waals surface area (Å²) in [6.07, 6.45) is 0. The number of halogens is 3. The van der Waals surface area contributed by atoms with Crippen molar-refractivity contribution in [1.29, 1.82) is 0 Å². The summed E-state index contributed by atoms with van der Waals surface area (Å²) in [7, 11) is 1.54. The second-order valence-electron chi connectivity index (χ2n) is 5.90. The molecule has 27 heavy (non-hydrogen) atoms. The van der Waals surface area contributed by atoms with Crippen molar-refractivity contribution in [2.45, 2.75) is 18.8 Å². The minimum Gasteiger partial charge on any atom is -0.493 e. The van der Waals surface area contributed by atoms with Gasteiger partial charge in [-0.1, -0.05) is 6.07 Å². The summed E-state index contributed by atoms with van der Waals surface area (Å²) in [6, 6.07) is 7.17. The van der Waals surface area contributed by atoms with E-state index >= 15 is 0 Å². The number of carbonyl (C=O) groups is 1. The lowest BCUT2D eigenvalue weighted by Gasteiger charge is -2.25. The topological polar surface area (TPSA) is 38.8 Å². The van der Waals surface area contributed by atoms with Gasteiger partial charge in [0, 0.05) is 6.54 Å². The van der Waals surface area contributed by atoms with Crippen molar-refractivity contribution in [2.75, 3.05) is 19.5 Å². The van der Waals surface area contributed by atoms with E-state index in [1.54, 1.807) is 12.1 Å². The van der Waals surface area contributed by atoms with Crippen LogP contribution >= 0.6 is 11.8 Å². The van der Waals surface area contributed by atoms with Crippen LogP contribution in [-0.2, 0) is 11.3 Å². The number of nitrogens with zero attached hydrogens (tertiary/aromatic N) is 1. The van der Waals surface area contributed by atoms with Crippen LogP contribution in [0.3, 0.4) is 0 Å². The lowest BCUT2D eigenvalue weighted by molar-refractivity contribution is -0.128. The maximum absolute atomic E-state index is 13.5. The van der Waals surface area contributed by atoms with Crippen molar-refractivity contribution in [3.05, 3.63) is 58.9 Å². The van der Waals surface area contributed by atoms with Gasteiger partial charge >= 0.3 is 0 Å². The highest BCUT2D eigenvalue weighted by Gasteiger charge is 2.33. The van der Waals surface area contributed by atoms with E-state index in [9.17, 15) is 18.0 Å². The van der Waals surface area contributed by atoms with E-state index in [0.29, 0.717) is 18.1 Å². The highest BCUT2D eigenvalue weighted by molar-refractivity contribution is 8.00. The molecular formula is C19H18F3NO3S. The quantitative estimate of drug-likeness (QED) is 0.682. The number of methoxy groups -OCH3 is 1. The van der Waals surface area contributed by atoms with Gasteiger partial charge in [-0.15, -0.1) is 11.8 Å². The van der Waals surface area contributed by atoms with Gasteiger partial charge in [0.15, 0.2) is 29.0 Å². The standard InChI is InChI=1S/C19H18F3NO3S/c1-3-26-16-8-12(4-5-15(16)25-2)19-23(17(24)10-27-19)9-11-6-13(20)18(22)14(21)7-11/h4-8,19H,3,9-10H2,1-2H3. The Bertz CT molecular complexity index is 839. The number of carbonyl (C=O) groups excluding carboxylic acids is 1. The molecule has 0 spiro atoms. The fourth-order valence-electron chi connectivity index (χ4n) is 2.91. The number of thioether (sulfide) groups is 1. The summed E-state index contributed by atoms with van der Waals surface area (Å²) in [5, 5.41) is -0.348. The van der Waals surface area contributed by atoms with Crippen molar-refractivity contribution in [3.63, 3.8) is 0 Å². The van der Waals surface area contributed by atoms with Crippen molar-refractivity contribution in [1.82, 2.24) is 4.90 Å². The molecule has 0 aromatic heterocycles. The monoisotopic (exact) mass is 397 g/mol. The largest absolute Gasteiger partial charge is 0.493 e. The Morgan fingerprint density at radius 1 is 1.15 bits per heavy atom. The fourth-order valence-corrected chi connectivity index (χ4v) is 4.09. The van der Waals surface area contributed by atoms with Crippen molar-refractivity contribution in [2.24, 2.45) is 0 Å². The molecule has 1 aliphatic heterocycles. The molecule has 2 aromatic rings. The summed E-state index contributed by atoms with van der Waals surface area (Å²) in [5.74, 6) is -2.86. The number of hydrogen-bond donors (Lipinski definition) is 0. The minimum absolute atomic E-state index is 0.0272. The molecule has 1 unspecified atom stereocenters. The average molecular weight is 397 g/mol. The van der Waals surface area contributed by atoms with Gasteiger partial charge in [-0.05, 0) is 42.3 Å². The van der Waals surface area contributed by atoms with E-state index in [-0.39, 0.29) is 29.1 Å². The van der Waals surface area contributed by atoms with Crippen LogP contribution in [0.25, 0.3) is 0 Å². The van der Waals surface area contributed by atoms with E-state index in [1.165, 1.54) is 23.8 Å². The molecule has 144 valence electrons. The molecule has 1 aliphatic rings. The van der Waals surface area contributed by atoms with Crippen molar-refractivity contribution >= 4 is 17.7 Å². The first-order valence-electron chi connectivity index (χ1n) is 8.29. The van der Waals surface area contributed by atoms with Crippen LogP contribution in [0.2, 0.25) is 0 Å². The number of hydrogen-bond acceptors (Lipinski definition) is 4. The predicted molar refractivity (Wildman–Crippen MR) is 96.2 cm³/mol. The van der Waals surface area contributed by atoms with Crippen LogP contribution in [0, 0.1) is 17.5 Å². The van der Waals surface area contributed by atoms with E-state index < -0.39 is 17.5 Å². The van der Waals surface area contributed by atoms with Gasteiger partial charge in [-0.3, -0.25) is 4.79 Å². The molecule has 1 saturated heterocycles. The summed E-state index contributed by atoms with van der Waals surface area (Å²) in [4.78, 5) is 13.8. The van der Waals surface area contributed by atoms with Gasteiger partial charge < -0.3 is 14.4 Å². The van der Waals surface area contributed by atoms with Gasteiger partial charge in [0.2, 0.25) is 5.91 Å². The van der Waals surface area contributed by atoms with Gasteiger partial charge in [0.1, 0.15) is 5.37 Å². The first-order chi connectivity index (χ1) is 12.9. The van der Waals surface area contributed by atoms with Gasteiger partial charge in [-0.25, -0.2) is 13.2 Å². The lowest BCUT2D eigenvalue weighted by Crippen LogP contribution is -2.27. The second kappa shape index (κ2) is 8.12. The maximum Gasteiger partial charge on any atom is 0.234 e. The minimum atomic E-state index is -1.52. The summed E-state index contributed by atoms with van der Waals surface area (Å²) >= 11 is 1.40. The number of benzene rings is 2. The lowest BCUT2D eigenvalue weighted by atomic mass is 10.1. The van der Waals surface area contributed by atoms with Crippen LogP contribution in [0.1, 0.15) is 23.4 Å². The summed E-state index contributed by atoms with van der Waals surface area (Å²) in [6.45, 7) is 2.28. The molecule has 0 N–H and O–H groups in total. The van der Waals surface area contributed by atoms with Gasteiger partial charge in [-0.2, -0.15) is 0 Å². The molecule has 1 fully saturated rings. The third-order valence-electron chi connectivity index (χ3n) is 4.14. The molecule has 1 heterocycles. The normalized spacial score (nSPS) is 16.7. The number of rotatable bonds is 6. The van der Waals surface area contributed by atoms with Crippen molar-refractivity contribution in [3.8, 4) is 11.5 Å². The van der Waals surface area contributed by atoms with Crippen LogP contribution in [0.4, 0.5) is 13.2 Å². The van der Waals surface area contributed by atoms with Gasteiger partial charge in [0.25, 0.3) is 0 Å². The smallest absolute Gasteiger partial charge is 0.234 e. The molecule has 1 amide bonds. The maximum atomic E-state index is 13.5. The molecule has 1 atom stereocenters. The number of ether oxygens (including phenoxy) is 2.